The second kappa shape index (κ2) is 4.82. The van der Waals surface area contributed by atoms with Gasteiger partial charge in [0.15, 0.2) is 5.65 Å². The van der Waals surface area contributed by atoms with Crippen LogP contribution in [0.25, 0.3) is 11.2 Å². The van der Waals surface area contributed by atoms with E-state index in [0.717, 1.165) is 41.7 Å². The fourth-order valence-electron chi connectivity index (χ4n) is 2.89. The van der Waals surface area contributed by atoms with E-state index in [9.17, 15) is 0 Å². The number of alkyl halides is 1. The Labute approximate surface area is 118 Å². The predicted molar refractivity (Wildman–Crippen MR) is 77.4 cm³/mol. The molecule has 0 radical (unpaired) electrons. The molecule has 0 spiro atoms. The molecule has 1 saturated carbocycles. The van der Waals surface area contributed by atoms with Crippen LogP contribution in [0.1, 0.15) is 38.2 Å². The first kappa shape index (κ1) is 13.0. The second-order valence-corrected chi connectivity index (χ2v) is 5.93. The molecule has 1 fully saturated rings. The Kier molecular flexibility index (Phi) is 3.29. The van der Waals surface area contributed by atoms with Crippen LogP contribution in [0, 0.1) is 18.8 Å². The first-order valence-corrected chi connectivity index (χ1v) is 7.67. The van der Waals surface area contributed by atoms with Crippen molar-refractivity contribution in [1.82, 2.24) is 19.3 Å². The number of aryl methyl sites for hydroxylation is 2. The largest absolute Gasteiger partial charge is 0.312 e. The zero-order valence-corrected chi connectivity index (χ0v) is 12.6. The van der Waals surface area contributed by atoms with Crippen LogP contribution in [0.4, 0.5) is 0 Å². The molecule has 0 bridgehead atoms. The van der Waals surface area contributed by atoms with Crippen LogP contribution < -0.4 is 0 Å². The van der Waals surface area contributed by atoms with Crippen molar-refractivity contribution in [2.75, 3.05) is 0 Å². The van der Waals surface area contributed by atoms with E-state index >= 15 is 0 Å². The van der Waals surface area contributed by atoms with E-state index in [0.29, 0.717) is 11.8 Å². The van der Waals surface area contributed by atoms with E-state index in [-0.39, 0.29) is 0 Å². The van der Waals surface area contributed by atoms with E-state index in [1.165, 1.54) is 12.8 Å². The summed E-state index contributed by atoms with van der Waals surface area (Å²) < 4.78 is 4.34. The van der Waals surface area contributed by atoms with Gasteiger partial charge in [-0.05, 0) is 38.5 Å². The molecule has 19 heavy (non-hydrogen) atoms. The summed E-state index contributed by atoms with van der Waals surface area (Å²) in [6.45, 7) is 8.35. The van der Waals surface area contributed by atoms with E-state index < -0.39 is 0 Å². The lowest BCUT2D eigenvalue weighted by molar-refractivity contribution is 0.425. The Hall–Kier alpha value is -1.03. The number of rotatable bonds is 5. The second-order valence-electron chi connectivity index (χ2n) is 5.66. The Balaban J connectivity index is 2.07. The average Bonchev–Trinajstić information content (AvgIpc) is 3.13. The maximum atomic E-state index is 6.07. The lowest BCUT2D eigenvalue weighted by Gasteiger charge is -2.14. The SMILES string of the molecule is CCn1nc(C)c2nc(CCl)n(CC(C)C3CC3)c21. The van der Waals surface area contributed by atoms with Crippen molar-refractivity contribution in [3.8, 4) is 0 Å². The van der Waals surface area contributed by atoms with Crippen LogP contribution in [0.2, 0.25) is 0 Å². The van der Waals surface area contributed by atoms with Crippen LogP contribution in [-0.2, 0) is 19.0 Å². The van der Waals surface area contributed by atoms with Gasteiger partial charge in [0.2, 0.25) is 0 Å². The van der Waals surface area contributed by atoms with Gasteiger partial charge in [0.05, 0.1) is 11.6 Å². The molecule has 1 aliphatic carbocycles. The van der Waals surface area contributed by atoms with Gasteiger partial charge in [0.25, 0.3) is 0 Å². The predicted octanol–water partition coefficient (Wildman–Crippen LogP) is 3.35. The lowest BCUT2D eigenvalue weighted by Crippen LogP contribution is -2.14. The number of imidazole rings is 1. The summed E-state index contributed by atoms with van der Waals surface area (Å²) in [7, 11) is 0. The zero-order valence-electron chi connectivity index (χ0n) is 11.9. The smallest absolute Gasteiger partial charge is 0.158 e. The molecule has 0 aromatic carbocycles. The fraction of sp³-hybridized carbons (Fsp3) is 0.714. The van der Waals surface area contributed by atoms with Gasteiger partial charge >= 0.3 is 0 Å². The van der Waals surface area contributed by atoms with E-state index in [1.54, 1.807) is 0 Å². The minimum Gasteiger partial charge on any atom is -0.312 e. The summed E-state index contributed by atoms with van der Waals surface area (Å²) in [4.78, 5) is 4.68. The highest BCUT2D eigenvalue weighted by molar-refractivity contribution is 6.16. The van der Waals surface area contributed by atoms with Crippen molar-refractivity contribution in [2.45, 2.75) is 52.6 Å². The number of fused-ring (bicyclic) bond motifs is 1. The van der Waals surface area contributed by atoms with Gasteiger partial charge in [-0.25, -0.2) is 9.67 Å². The summed E-state index contributed by atoms with van der Waals surface area (Å²) in [5.74, 6) is 3.03. The Morgan fingerprint density at radius 1 is 1.42 bits per heavy atom. The Bertz CT molecular complexity index is 594. The van der Waals surface area contributed by atoms with Crippen LogP contribution >= 0.6 is 11.6 Å². The highest BCUT2D eigenvalue weighted by Gasteiger charge is 2.29. The van der Waals surface area contributed by atoms with Crippen molar-refractivity contribution in [2.24, 2.45) is 11.8 Å². The van der Waals surface area contributed by atoms with E-state index in [1.807, 2.05) is 11.6 Å². The normalized spacial score (nSPS) is 17.3. The first-order valence-electron chi connectivity index (χ1n) is 7.14. The Morgan fingerprint density at radius 2 is 2.16 bits per heavy atom. The van der Waals surface area contributed by atoms with Crippen molar-refractivity contribution >= 4 is 22.8 Å². The molecular weight excluding hydrogens is 260 g/mol. The quantitative estimate of drug-likeness (QED) is 0.788. The molecule has 0 aliphatic heterocycles. The van der Waals surface area contributed by atoms with Crippen LogP contribution in [0.3, 0.4) is 0 Å². The maximum absolute atomic E-state index is 6.07. The topological polar surface area (TPSA) is 35.6 Å². The molecule has 2 aromatic heterocycles. The van der Waals surface area contributed by atoms with Gasteiger partial charge in [-0.3, -0.25) is 0 Å². The lowest BCUT2D eigenvalue weighted by atomic mass is 10.1. The molecule has 2 aromatic rings. The summed E-state index contributed by atoms with van der Waals surface area (Å²) in [5.41, 5.74) is 3.16. The molecule has 1 atom stereocenters. The maximum Gasteiger partial charge on any atom is 0.158 e. The molecule has 0 N–H and O–H groups in total. The molecule has 1 unspecified atom stereocenters. The number of hydrogen-bond donors (Lipinski definition) is 0. The van der Waals surface area contributed by atoms with Gasteiger partial charge < -0.3 is 4.57 Å². The molecular formula is C14H21ClN4. The van der Waals surface area contributed by atoms with Crippen LogP contribution in [0.15, 0.2) is 0 Å². The molecule has 104 valence electrons. The molecule has 3 rings (SSSR count). The minimum absolute atomic E-state index is 0.467. The highest BCUT2D eigenvalue weighted by atomic mass is 35.5. The number of halogens is 1. The summed E-state index contributed by atoms with van der Waals surface area (Å²) in [6.07, 6.45) is 2.75. The summed E-state index contributed by atoms with van der Waals surface area (Å²) in [5, 5.41) is 4.56. The number of hydrogen-bond acceptors (Lipinski definition) is 2. The van der Waals surface area contributed by atoms with Crippen molar-refractivity contribution < 1.29 is 0 Å². The molecule has 0 amide bonds. The molecule has 2 heterocycles. The average molecular weight is 281 g/mol. The van der Waals surface area contributed by atoms with E-state index in [4.69, 9.17) is 11.6 Å². The van der Waals surface area contributed by atoms with Gasteiger partial charge in [-0.2, -0.15) is 5.10 Å². The van der Waals surface area contributed by atoms with E-state index in [2.05, 4.69) is 28.5 Å². The third-order valence-electron chi connectivity index (χ3n) is 4.19. The third kappa shape index (κ3) is 2.16. The molecule has 0 saturated heterocycles. The van der Waals surface area contributed by atoms with Gasteiger partial charge in [0, 0.05) is 13.1 Å². The zero-order chi connectivity index (χ0) is 13.6. The fourth-order valence-corrected chi connectivity index (χ4v) is 3.09. The van der Waals surface area contributed by atoms with Crippen molar-refractivity contribution in [1.29, 1.82) is 0 Å². The van der Waals surface area contributed by atoms with Crippen molar-refractivity contribution in [3.05, 3.63) is 11.5 Å². The standard InChI is InChI=1S/C14H21ClN4/c1-4-19-14-13(10(3)17-19)16-12(7-15)18(14)8-9(2)11-5-6-11/h9,11H,4-8H2,1-3H3. The van der Waals surface area contributed by atoms with Gasteiger partial charge in [0.1, 0.15) is 11.3 Å². The van der Waals surface area contributed by atoms with Gasteiger partial charge in [-0.15, -0.1) is 11.6 Å². The summed E-state index contributed by atoms with van der Waals surface area (Å²) in [6, 6.07) is 0. The van der Waals surface area contributed by atoms with Gasteiger partial charge in [-0.1, -0.05) is 6.92 Å². The molecule has 5 heteroatoms. The first-order chi connectivity index (χ1) is 9.15. The number of nitrogens with zero attached hydrogens (tertiary/aromatic N) is 4. The highest BCUT2D eigenvalue weighted by Crippen LogP contribution is 2.38. The molecule has 1 aliphatic rings. The summed E-state index contributed by atoms with van der Waals surface area (Å²) >= 11 is 6.07. The van der Waals surface area contributed by atoms with Crippen molar-refractivity contribution in [3.63, 3.8) is 0 Å². The van der Waals surface area contributed by atoms with Crippen LogP contribution in [0.5, 0.6) is 0 Å². The molecule has 4 nitrogen and oxygen atoms in total. The Morgan fingerprint density at radius 3 is 2.74 bits per heavy atom. The number of aromatic nitrogens is 4. The third-order valence-corrected chi connectivity index (χ3v) is 4.43. The van der Waals surface area contributed by atoms with Crippen LogP contribution in [-0.4, -0.2) is 19.3 Å². The monoisotopic (exact) mass is 280 g/mol. The minimum atomic E-state index is 0.467.